The summed E-state index contributed by atoms with van der Waals surface area (Å²) in [4.78, 5) is 16.9. The van der Waals surface area contributed by atoms with E-state index >= 15 is 0 Å². The summed E-state index contributed by atoms with van der Waals surface area (Å²) in [6.07, 6.45) is 1.37. The minimum absolute atomic E-state index is 0.0130. The standard InChI is InChI=1S/C20H21ClN2O3/c1-3-16(12-25-2)22-20(24)14-6-9-18-17(11-14)23-19(26-18)10-13-4-7-15(21)8-5-13/h4-9,11,16H,3,10,12H2,1-2H3,(H,22,24)/t16-/m1/s1. The molecule has 1 amide bonds. The van der Waals surface area contributed by atoms with Gasteiger partial charge in [0, 0.05) is 24.1 Å². The second-order valence-electron chi connectivity index (χ2n) is 6.13. The van der Waals surface area contributed by atoms with Crippen LogP contribution in [-0.2, 0) is 11.2 Å². The summed E-state index contributed by atoms with van der Waals surface area (Å²) in [6, 6.07) is 12.8. The Bertz CT molecular complexity index is 890. The second-order valence-corrected chi connectivity index (χ2v) is 6.56. The molecule has 5 nitrogen and oxygen atoms in total. The van der Waals surface area contributed by atoms with E-state index in [1.807, 2.05) is 31.2 Å². The number of carbonyl (C=O) groups is 1. The van der Waals surface area contributed by atoms with Crippen molar-refractivity contribution in [3.05, 3.63) is 64.5 Å². The van der Waals surface area contributed by atoms with Crippen LogP contribution in [0, 0.1) is 0 Å². The number of oxazole rings is 1. The Hall–Kier alpha value is -2.37. The van der Waals surface area contributed by atoms with Gasteiger partial charge < -0.3 is 14.5 Å². The minimum Gasteiger partial charge on any atom is -0.440 e. The molecular weight excluding hydrogens is 352 g/mol. The number of amides is 1. The second kappa shape index (κ2) is 8.34. The van der Waals surface area contributed by atoms with Gasteiger partial charge in [-0.3, -0.25) is 4.79 Å². The molecule has 136 valence electrons. The number of aromatic nitrogens is 1. The third-order valence-corrected chi connectivity index (χ3v) is 4.41. The van der Waals surface area contributed by atoms with Crippen molar-refractivity contribution in [3.63, 3.8) is 0 Å². The van der Waals surface area contributed by atoms with Crippen molar-refractivity contribution in [2.75, 3.05) is 13.7 Å². The zero-order valence-electron chi connectivity index (χ0n) is 14.8. The number of methoxy groups -OCH3 is 1. The monoisotopic (exact) mass is 372 g/mol. The number of benzene rings is 2. The number of hydrogen-bond acceptors (Lipinski definition) is 4. The van der Waals surface area contributed by atoms with Crippen LogP contribution in [0.1, 0.15) is 35.2 Å². The van der Waals surface area contributed by atoms with E-state index in [0.29, 0.717) is 40.6 Å². The highest BCUT2D eigenvalue weighted by atomic mass is 35.5. The molecule has 0 unspecified atom stereocenters. The lowest BCUT2D eigenvalue weighted by Gasteiger charge is -2.15. The predicted octanol–water partition coefficient (Wildman–Crippen LogP) is 4.23. The molecule has 0 saturated heterocycles. The average molecular weight is 373 g/mol. The van der Waals surface area contributed by atoms with E-state index in [9.17, 15) is 4.79 Å². The van der Waals surface area contributed by atoms with Crippen molar-refractivity contribution >= 4 is 28.6 Å². The van der Waals surface area contributed by atoms with E-state index in [0.717, 1.165) is 12.0 Å². The third-order valence-electron chi connectivity index (χ3n) is 4.16. The molecule has 1 N–H and O–H groups in total. The predicted molar refractivity (Wildman–Crippen MR) is 102 cm³/mol. The summed E-state index contributed by atoms with van der Waals surface area (Å²) in [5.74, 6) is 0.462. The van der Waals surface area contributed by atoms with Gasteiger partial charge in [0.1, 0.15) is 5.52 Å². The van der Waals surface area contributed by atoms with Gasteiger partial charge in [-0.15, -0.1) is 0 Å². The van der Waals surface area contributed by atoms with Gasteiger partial charge in [0.25, 0.3) is 5.91 Å². The summed E-state index contributed by atoms with van der Waals surface area (Å²) in [5.41, 5.74) is 2.94. The summed E-state index contributed by atoms with van der Waals surface area (Å²) in [7, 11) is 1.62. The molecule has 0 aliphatic rings. The van der Waals surface area contributed by atoms with Gasteiger partial charge in [-0.2, -0.15) is 0 Å². The molecule has 0 fully saturated rings. The molecule has 1 heterocycles. The van der Waals surface area contributed by atoms with Gasteiger partial charge in [-0.1, -0.05) is 30.7 Å². The van der Waals surface area contributed by atoms with E-state index in [4.69, 9.17) is 20.8 Å². The van der Waals surface area contributed by atoms with Crippen molar-refractivity contribution in [2.45, 2.75) is 25.8 Å². The zero-order valence-corrected chi connectivity index (χ0v) is 15.5. The SMILES string of the molecule is CC[C@H](COC)NC(=O)c1ccc2oc(Cc3ccc(Cl)cc3)nc2c1. The maximum atomic E-state index is 12.4. The first-order chi connectivity index (χ1) is 12.6. The minimum atomic E-state index is -0.141. The lowest BCUT2D eigenvalue weighted by molar-refractivity contribution is 0.0895. The zero-order chi connectivity index (χ0) is 18.5. The Kier molecular flexibility index (Phi) is 5.91. The Morgan fingerprint density at radius 2 is 2.04 bits per heavy atom. The number of fused-ring (bicyclic) bond motifs is 1. The number of ether oxygens (including phenoxy) is 1. The van der Waals surface area contributed by atoms with Crippen LogP contribution in [0.2, 0.25) is 5.02 Å². The van der Waals surface area contributed by atoms with E-state index < -0.39 is 0 Å². The normalized spacial score (nSPS) is 12.3. The van der Waals surface area contributed by atoms with Crippen LogP contribution < -0.4 is 5.32 Å². The molecule has 0 saturated carbocycles. The van der Waals surface area contributed by atoms with E-state index in [2.05, 4.69) is 10.3 Å². The molecule has 0 aliphatic carbocycles. The lowest BCUT2D eigenvalue weighted by Crippen LogP contribution is -2.37. The smallest absolute Gasteiger partial charge is 0.251 e. The van der Waals surface area contributed by atoms with Crippen molar-refractivity contribution < 1.29 is 13.9 Å². The van der Waals surface area contributed by atoms with Crippen LogP contribution in [0.4, 0.5) is 0 Å². The molecule has 1 aromatic heterocycles. The van der Waals surface area contributed by atoms with Gasteiger partial charge in [-0.25, -0.2) is 4.98 Å². The fourth-order valence-corrected chi connectivity index (χ4v) is 2.83. The van der Waals surface area contributed by atoms with Crippen LogP contribution in [0.5, 0.6) is 0 Å². The average Bonchev–Trinajstić information content (AvgIpc) is 3.04. The van der Waals surface area contributed by atoms with Gasteiger partial charge in [0.2, 0.25) is 0 Å². The Morgan fingerprint density at radius 3 is 2.73 bits per heavy atom. The number of halogens is 1. The summed E-state index contributed by atoms with van der Waals surface area (Å²) < 4.78 is 10.9. The topological polar surface area (TPSA) is 64.4 Å². The van der Waals surface area contributed by atoms with Gasteiger partial charge in [0.05, 0.1) is 12.6 Å². The molecule has 3 rings (SSSR count). The highest BCUT2D eigenvalue weighted by molar-refractivity contribution is 6.30. The third kappa shape index (κ3) is 4.42. The summed E-state index contributed by atoms with van der Waals surface area (Å²) in [5, 5.41) is 3.66. The molecule has 26 heavy (non-hydrogen) atoms. The van der Waals surface area contributed by atoms with Crippen molar-refractivity contribution in [1.29, 1.82) is 0 Å². The molecule has 0 bridgehead atoms. The number of carbonyl (C=O) groups excluding carboxylic acids is 1. The molecule has 6 heteroatoms. The Labute approximate surface area is 157 Å². The Balaban J connectivity index is 1.76. The summed E-state index contributed by atoms with van der Waals surface area (Å²) >= 11 is 5.91. The largest absolute Gasteiger partial charge is 0.440 e. The molecule has 2 aromatic carbocycles. The molecular formula is C20H21ClN2O3. The van der Waals surface area contributed by atoms with Crippen molar-refractivity contribution in [2.24, 2.45) is 0 Å². The molecule has 1 atom stereocenters. The van der Waals surface area contributed by atoms with Gasteiger partial charge in [0.15, 0.2) is 11.5 Å². The number of rotatable bonds is 7. The van der Waals surface area contributed by atoms with Crippen LogP contribution in [0.15, 0.2) is 46.9 Å². The van der Waals surface area contributed by atoms with E-state index in [1.165, 1.54) is 0 Å². The first kappa shape index (κ1) is 18.4. The highest BCUT2D eigenvalue weighted by Gasteiger charge is 2.14. The molecule has 0 radical (unpaired) electrons. The van der Waals surface area contributed by atoms with Crippen LogP contribution in [-0.4, -0.2) is 30.6 Å². The van der Waals surface area contributed by atoms with Crippen molar-refractivity contribution in [3.8, 4) is 0 Å². The summed E-state index contributed by atoms with van der Waals surface area (Å²) in [6.45, 7) is 2.49. The number of nitrogens with zero attached hydrogens (tertiary/aromatic N) is 1. The maximum Gasteiger partial charge on any atom is 0.251 e. The van der Waals surface area contributed by atoms with Crippen LogP contribution in [0.25, 0.3) is 11.1 Å². The van der Waals surface area contributed by atoms with E-state index in [-0.39, 0.29) is 11.9 Å². The quantitative estimate of drug-likeness (QED) is 0.674. The number of nitrogens with one attached hydrogen (secondary N) is 1. The van der Waals surface area contributed by atoms with Gasteiger partial charge in [-0.05, 0) is 42.3 Å². The fourth-order valence-electron chi connectivity index (χ4n) is 2.70. The molecule has 3 aromatic rings. The van der Waals surface area contributed by atoms with Crippen molar-refractivity contribution in [1.82, 2.24) is 10.3 Å². The first-order valence-corrected chi connectivity index (χ1v) is 8.90. The van der Waals surface area contributed by atoms with Gasteiger partial charge >= 0.3 is 0 Å². The van der Waals surface area contributed by atoms with E-state index in [1.54, 1.807) is 25.3 Å². The first-order valence-electron chi connectivity index (χ1n) is 8.52. The molecule has 0 spiro atoms. The van der Waals surface area contributed by atoms with Crippen LogP contribution >= 0.6 is 11.6 Å². The van der Waals surface area contributed by atoms with Crippen LogP contribution in [0.3, 0.4) is 0 Å². The fraction of sp³-hybridized carbons (Fsp3) is 0.300. The highest BCUT2D eigenvalue weighted by Crippen LogP contribution is 2.20. The lowest BCUT2D eigenvalue weighted by atomic mass is 10.1. The number of hydrogen-bond donors (Lipinski definition) is 1. The maximum absolute atomic E-state index is 12.4. The Morgan fingerprint density at radius 1 is 1.27 bits per heavy atom. The molecule has 0 aliphatic heterocycles.